The SMILES string of the molecule is N#C[BH2-]C#N. The molecule has 24 valence electrons. The minimum Gasteiger partial charge on any atom is -0.249 e. The lowest BCUT2D eigenvalue weighted by atomic mass is 9.85. The van der Waals surface area contributed by atoms with E-state index in [0.29, 0.717) is 0 Å². The van der Waals surface area contributed by atoms with Crippen molar-refractivity contribution in [1.29, 1.82) is 10.5 Å². The summed E-state index contributed by atoms with van der Waals surface area (Å²) in [5, 5.41) is 15.3. The molecular formula is C2H2BN2-. The van der Waals surface area contributed by atoms with E-state index in [0.717, 1.165) is 0 Å². The van der Waals surface area contributed by atoms with Crippen molar-refractivity contribution in [3.63, 3.8) is 0 Å². The monoisotopic (exact) mass is 65.0 g/mol. The molecule has 3 heteroatoms. The highest BCUT2D eigenvalue weighted by molar-refractivity contribution is 6.53. The van der Waals surface area contributed by atoms with Gasteiger partial charge in [-0.15, -0.1) is 11.9 Å². The van der Waals surface area contributed by atoms with Gasteiger partial charge < -0.3 is 0 Å². The molecule has 0 amide bonds. The van der Waals surface area contributed by atoms with E-state index in [-0.39, 0.29) is 0 Å². The Bertz CT molecular complexity index is 72.8. The fourth-order valence-electron chi connectivity index (χ4n) is 0.0500. The lowest BCUT2D eigenvalue weighted by Crippen LogP contribution is -1.70. The van der Waals surface area contributed by atoms with Crippen LogP contribution in [0.3, 0.4) is 0 Å². The Morgan fingerprint density at radius 1 is 1.20 bits per heavy atom. The first-order chi connectivity index (χ1) is 2.41. The second-order valence-electron chi connectivity index (χ2n) is 0.697. The van der Waals surface area contributed by atoms with E-state index in [1.165, 1.54) is 0 Å². The number of rotatable bonds is 0. The van der Waals surface area contributed by atoms with Gasteiger partial charge in [-0.1, -0.05) is 0 Å². The zero-order chi connectivity index (χ0) is 4.12. The average molecular weight is 64.9 g/mol. The topological polar surface area (TPSA) is 47.6 Å². The molecule has 5 heavy (non-hydrogen) atoms. The van der Waals surface area contributed by atoms with Crippen molar-refractivity contribution >= 4 is 7.28 Å². The number of nitrogens with zero attached hydrogens (tertiary/aromatic N) is 2. The maximum atomic E-state index is 7.65. The van der Waals surface area contributed by atoms with Crippen LogP contribution in [0, 0.1) is 22.5 Å². The van der Waals surface area contributed by atoms with E-state index in [4.69, 9.17) is 10.5 Å². The molecule has 0 saturated carbocycles. The summed E-state index contributed by atoms with van der Waals surface area (Å²) in [5.74, 6) is 3.56. The largest absolute Gasteiger partial charge is 0.249 e. The van der Waals surface area contributed by atoms with Gasteiger partial charge in [0.2, 0.25) is 0 Å². The smallest absolute Gasteiger partial charge is 0.179 e. The molecule has 0 aromatic carbocycles. The molecule has 0 N–H and O–H groups in total. The Morgan fingerprint density at radius 3 is 1.60 bits per heavy atom. The molecule has 0 aromatic rings. The predicted octanol–water partition coefficient (Wildman–Crippen LogP) is -0.883. The predicted molar refractivity (Wildman–Crippen MR) is 19.8 cm³/mol. The van der Waals surface area contributed by atoms with Crippen LogP contribution in [0.2, 0.25) is 0 Å². The number of hydrogen-bond donors (Lipinski definition) is 0. The van der Waals surface area contributed by atoms with E-state index in [9.17, 15) is 0 Å². The highest BCUT2D eigenvalue weighted by Crippen LogP contribution is 1.38. The summed E-state index contributed by atoms with van der Waals surface area (Å²) in [6, 6.07) is 0. The van der Waals surface area contributed by atoms with E-state index >= 15 is 0 Å². The molecule has 0 aromatic heterocycles. The molecule has 0 radical (unpaired) electrons. The average Bonchev–Trinajstić information content (AvgIpc) is 1.41. The Balaban J connectivity index is 2.86. The van der Waals surface area contributed by atoms with Crippen molar-refractivity contribution in [3.05, 3.63) is 0 Å². The summed E-state index contributed by atoms with van der Waals surface area (Å²) in [5.41, 5.74) is 0. The minimum atomic E-state index is -0.861. The maximum Gasteiger partial charge on any atom is 0.179 e. The van der Waals surface area contributed by atoms with Gasteiger partial charge in [0.1, 0.15) is 0 Å². The van der Waals surface area contributed by atoms with E-state index < -0.39 is 7.28 Å². The van der Waals surface area contributed by atoms with Crippen molar-refractivity contribution in [2.75, 3.05) is 0 Å². The van der Waals surface area contributed by atoms with Gasteiger partial charge in [-0.2, -0.15) is 0 Å². The van der Waals surface area contributed by atoms with E-state index in [1.54, 1.807) is 11.9 Å². The Morgan fingerprint density at radius 2 is 1.60 bits per heavy atom. The van der Waals surface area contributed by atoms with Gasteiger partial charge in [-0.25, -0.2) is 10.5 Å². The van der Waals surface area contributed by atoms with Crippen LogP contribution < -0.4 is 0 Å². The first-order valence-corrected chi connectivity index (χ1v) is 1.45. The van der Waals surface area contributed by atoms with E-state index in [2.05, 4.69) is 0 Å². The highest BCUT2D eigenvalue weighted by atomic mass is 14.2. The second kappa shape index (κ2) is 3.04. The molecular weight excluding hydrogens is 62.8 g/mol. The molecule has 0 rings (SSSR count). The fraction of sp³-hybridized carbons (Fsp3) is 0. The summed E-state index contributed by atoms with van der Waals surface area (Å²) < 4.78 is 0. The standard InChI is InChI=1S/C2H2BN2/c4-1-3-2-5/h3H2/q-1. The van der Waals surface area contributed by atoms with Crippen LogP contribution in [0.1, 0.15) is 0 Å². The number of hydrogen-bond acceptors (Lipinski definition) is 2. The fourth-order valence-corrected chi connectivity index (χ4v) is 0.0500. The Labute approximate surface area is 30.9 Å². The zero-order valence-corrected chi connectivity index (χ0v) is 2.89. The maximum absolute atomic E-state index is 7.65. The Hall–Kier alpha value is -0.955. The summed E-state index contributed by atoms with van der Waals surface area (Å²) >= 11 is 0. The van der Waals surface area contributed by atoms with Gasteiger partial charge >= 0.3 is 0 Å². The minimum absolute atomic E-state index is 0.861. The second-order valence-corrected chi connectivity index (χ2v) is 0.697. The lowest BCUT2D eigenvalue weighted by molar-refractivity contribution is 1.55. The summed E-state index contributed by atoms with van der Waals surface area (Å²) in [6.45, 7) is 0. The van der Waals surface area contributed by atoms with Crippen LogP contribution in [-0.4, -0.2) is 7.28 Å². The first kappa shape index (κ1) is 4.04. The normalized spacial score (nSPS) is 4.40. The molecule has 0 aliphatic rings. The molecule has 0 fully saturated rings. The summed E-state index contributed by atoms with van der Waals surface area (Å²) in [7, 11) is -0.861. The third-order valence-electron chi connectivity index (χ3n) is 0.224. The highest BCUT2D eigenvalue weighted by Gasteiger charge is 1.53. The van der Waals surface area contributed by atoms with Crippen LogP contribution >= 0.6 is 0 Å². The van der Waals surface area contributed by atoms with Crippen molar-refractivity contribution in [1.82, 2.24) is 0 Å². The molecule has 0 aliphatic heterocycles. The summed E-state index contributed by atoms with van der Waals surface area (Å²) in [6.07, 6.45) is 0. The van der Waals surface area contributed by atoms with Gasteiger partial charge in [0.15, 0.2) is 7.28 Å². The van der Waals surface area contributed by atoms with Crippen molar-refractivity contribution < 1.29 is 0 Å². The lowest BCUT2D eigenvalue weighted by Gasteiger charge is -1.55. The zero-order valence-electron chi connectivity index (χ0n) is 2.89. The molecule has 0 atom stereocenters. The molecule has 0 heterocycles. The third-order valence-corrected chi connectivity index (χ3v) is 0.224. The number of nitriles is 2. The molecule has 2 nitrogen and oxygen atoms in total. The van der Waals surface area contributed by atoms with Crippen LogP contribution in [0.25, 0.3) is 0 Å². The molecule has 0 bridgehead atoms. The van der Waals surface area contributed by atoms with E-state index in [1.807, 2.05) is 0 Å². The van der Waals surface area contributed by atoms with Crippen LogP contribution in [0.15, 0.2) is 0 Å². The molecule has 0 saturated heterocycles. The van der Waals surface area contributed by atoms with Crippen LogP contribution in [-0.2, 0) is 0 Å². The van der Waals surface area contributed by atoms with Gasteiger partial charge in [-0.05, 0) is 0 Å². The molecule has 0 aliphatic carbocycles. The third kappa shape index (κ3) is 3.04. The van der Waals surface area contributed by atoms with Crippen molar-refractivity contribution in [2.45, 2.75) is 0 Å². The van der Waals surface area contributed by atoms with Crippen molar-refractivity contribution in [2.24, 2.45) is 0 Å². The van der Waals surface area contributed by atoms with Gasteiger partial charge in [0.05, 0.1) is 0 Å². The van der Waals surface area contributed by atoms with Crippen LogP contribution in [0.5, 0.6) is 0 Å². The molecule has 0 unspecified atom stereocenters. The van der Waals surface area contributed by atoms with Crippen molar-refractivity contribution in [3.8, 4) is 11.9 Å². The van der Waals surface area contributed by atoms with Crippen LogP contribution in [0.4, 0.5) is 0 Å². The van der Waals surface area contributed by atoms with Gasteiger partial charge in [-0.3, -0.25) is 0 Å². The van der Waals surface area contributed by atoms with Gasteiger partial charge in [0.25, 0.3) is 0 Å². The first-order valence-electron chi connectivity index (χ1n) is 1.45. The Kier molecular flexibility index (Phi) is 2.46. The van der Waals surface area contributed by atoms with Gasteiger partial charge in [0, 0.05) is 0 Å². The summed E-state index contributed by atoms with van der Waals surface area (Å²) in [4.78, 5) is 0. The quantitative estimate of drug-likeness (QED) is 0.344. The molecule has 0 spiro atoms.